The maximum atomic E-state index is 12.0. The summed E-state index contributed by atoms with van der Waals surface area (Å²) in [5.41, 5.74) is -0.594. The summed E-state index contributed by atoms with van der Waals surface area (Å²) in [6.07, 6.45) is 1.98. The van der Waals surface area contributed by atoms with Gasteiger partial charge >= 0.3 is 12.1 Å². The van der Waals surface area contributed by atoms with Crippen molar-refractivity contribution in [3.63, 3.8) is 0 Å². The normalized spacial score (nSPS) is 24.1. The van der Waals surface area contributed by atoms with Gasteiger partial charge in [-0.05, 0) is 39.5 Å². The van der Waals surface area contributed by atoms with Crippen molar-refractivity contribution in [1.82, 2.24) is 4.90 Å². The SMILES string of the molecule is CCCC1CCN(C(=O)OC(C)(C)C)[C@@H]1C(=O)O. The van der Waals surface area contributed by atoms with Crippen LogP contribution in [0.1, 0.15) is 47.0 Å². The summed E-state index contributed by atoms with van der Waals surface area (Å²) < 4.78 is 5.25. The van der Waals surface area contributed by atoms with E-state index in [9.17, 15) is 14.7 Å². The first-order valence-corrected chi connectivity index (χ1v) is 6.48. The Morgan fingerprint density at radius 1 is 1.39 bits per heavy atom. The minimum Gasteiger partial charge on any atom is -0.480 e. The molecule has 1 aliphatic heterocycles. The smallest absolute Gasteiger partial charge is 0.411 e. The molecule has 1 aliphatic rings. The van der Waals surface area contributed by atoms with Crippen molar-refractivity contribution in [3.05, 3.63) is 0 Å². The molecule has 0 aromatic heterocycles. The number of carbonyl (C=O) groups is 2. The third-order valence-corrected chi connectivity index (χ3v) is 3.06. The third-order valence-electron chi connectivity index (χ3n) is 3.06. The molecule has 1 saturated heterocycles. The van der Waals surface area contributed by atoms with E-state index in [1.807, 2.05) is 6.92 Å². The van der Waals surface area contributed by atoms with Gasteiger partial charge in [-0.25, -0.2) is 9.59 Å². The van der Waals surface area contributed by atoms with Crippen LogP contribution in [0.5, 0.6) is 0 Å². The number of hydrogen-bond acceptors (Lipinski definition) is 3. The summed E-state index contributed by atoms with van der Waals surface area (Å²) >= 11 is 0. The second-order valence-electron chi connectivity index (χ2n) is 5.79. The van der Waals surface area contributed by atoms with E-state index in [-0.39, 0.29) is 5.92 Å². The zero-order valence-electron chi connectivity index (χ0n) is 11.6. The van der Waals surface area contributed by atoms with Gasteiger partial charge < -0.3 is 9.84 Å². The van der Waals surface area contributed by atoms with E-state index >= 15 is 0 Å². The van der Waals surface area contributed by atoms with Gasteiger partial charge in [-0.2, -0.15) is 0 Å². The fraction of sp³-hybridized carbons (Fsp3) is 0.846. The number of aliphatic carboxylic acids is 1. The molecule has 0 saturated carbocycles. The molecule has 0 bridgehead atoms. The van der Waals surface area contributed by atoms with E-state index < -0.39 is 23.7 Å². The van der Waals surface area contributed by atoms with Gasteiger partial charge in [-0.1, -0.05) is 13.3 Å². The van der Waals surface area contributed by atoms with Crippen LogP contribution >= 0.6 is 0 Å². The summed E-state index contributed by atoms with van der Waals surface area (Å²) in [5, 5.41) is 9.28. The first-order valence-electron chi connectivity index (χ1n) is 6.48. The van der Waals surface area contributed by atoms with E-state index in [0.717, 1.165) is 19.3 Å². The van der Waals surface area contributed by atoms with E-state index in [1.165, 1.54) is 4.90 Å². The van der Waals surface area contributed by atoms with Gasteiger partial charge in [-0.3, -0.25) is 4.90 Å². The first-order chi connectivity index (χ1) is 8.26. The maximum Gasteiger partial charge on any atom is 0.411 e. The number of carboxylic acid groups (broad SMARTS) is 1. The molecule has 0 radical (unpaired) electrons. The van der Waals surface area contributed by atoms with E-state index in [4.69, 9.17) is 4.74 Å². The number of ether oxygens (including phenoxy) is 1. The molecule has 18 heavy (non-hydrogen) atoms. The Labute approximate surface area is 108 Å². The minimum absolute atomic E-state index is 0.0417. The fourth-order valence-corrected chi connectivity index (χ4v) is 2.39. The Morgan fingerprint density at radius 2 is 2.00 bits per heavy atom. The summed E-state index contributed by atoms with van der Waals surface area (Å²) in [5.74, 6) is -0.892. The first kappa shape index (κ1) is 14.8. The van der Waals surface area contributed by atoms with E-state index in [1.54, 1.807) is 20.8 Å². The van der Waals surface area contributed by atoms with Crippen LogP contribution in [0, 0.1) is 5.92 Å². The van der Waals surface area contributed by atoms with Crippen LogP contribution < -0.4 is 0 Å². The standard InChI is InChI=1S/C13H23NO4/c1-5-6-9-7-8-14(10(9)11(15)16)12(17)18-13(2,3)4/h9-10H,5-8H2,1-4H3,(H,15,16)/t9?,10-/m0/s1. The predicted molar refractivity (Wildman–Crippen MR) is 67.4 cm³/mol. The number of carboxylic acids is 1. The quantitative estimate of drug-likeness (QED) is 0.843. The number of amides is 1. The topological polar surface area (TPSA) is 66.8 Å². The van der Waals surface area contributed by atoms with Crippen LogP contribution in [0.25, 0.3) is 0 Å². The Hall–Kier alpha value is -1.26. The van der Waals surface area contributed by atoms with Gasteiger partial charge in [-0.15, -0.1) is 0 Å². The van der Waals surface area contributed by atoms with Crippen molar-refractivity contribution in [2.45, 2.75) is 58.6 Å². The maximum absolute atomic E-state index is 12.0. The zero-order chi connectivity index (χ0) is 13.9. The second kappa shape index (κ2) is 5.59. The van der Waals surface area contributed by atoms with Crippen molar-refractivity contribution in [2.24, 2.45) is 5.92 Å². The Bertz CT molecular complexity index is 321. The second-order valence-corrected chi connectivity index (χ2v) is 5.79. The molecule has 0 aliphatic carbocycles. The molecular weight excluding hydrogens is 234 g/mol. The molecule has 1 rings (SSSR count). The summed E-state index contributed by atoms with van der Waals surface area (Å²) in [7, 11) is 0. The van der Waals surface area contributed by atoms with Gasteiger partial charge in [0.15, 0.2) is 0 Å². The van der Waals surface area contributed by atoms with Crippen LogP contribution in [-0.4, -0.2) is 40.3 Å². The molecule has 5 heteroatoms. The average Bonchev–Trinajstić information content (AvgIpc) is 2.59. The molecule has 5 nitrogen and oxygen atoms in total. The minimum atomic E-state index is -0.934. The van der Waals surface area contributed by atoms with E-state index in [2.05, 4.69) is 0 Å². The molecule has 1 unspecified atom stereocenters. The molecular formula is C13H23NO4. The molecule has 0 aromatic rings. The molecule has 1 amide bonds. The van der Waals surface area contributed by atoms with Crippen molar-refractivity contribution >= 4 is 12.1 Å². The summed E-state index contributed by atoms with van der Waals surface area (Å²) in [6, 6.07) is -0.736. The van der Waals surface area contributed by atoms with Crippen molar-refractivity contribution in [1.29, 1.82) is 0 Å². The van der Waals surface area contributed by atoms with Gasteiger partial charge in [0.05, 0.1) is 0 Å². The number of nitrogens with zero attached hydrogens (tertiary/aromatic N) is 1. The van der Waals surface area contributed by atoms with Gasteiger partial charge in [0.1, 0.15) is 11.6 Å². The zero-order valence-corrected chi connectivity index (χ0v) is 11.6. The summed E-state index contributed by atoms with van der Waals surface area (Å²) in [6.45, 7) is 7.83. The fourth-order valence-electron chi connectivity index (χ4n) is 2.39. The third kappa shape index (κ3) is 3.62. The van der Waals surface area contributed by atoms with E-state index in [0.29, 0.717) is 6.54 Å². The Morgan fingerprint density at radius 3 is 2.44 bits per heavy atom. The van der Waals surface area contributed by atoms with Crippen LogP contribution in [0.15, 0.2) is 0 Å². The molecule has 0 spiro atoms. The highest BCUT2D eigenvalue weighted by Crippen LogP contribution is 2.29. The van der Waals surface area contributed by atoms with Crippen LogP contribution in [0.3, 0.4) is 0 Å². The molecule has 104 valence electrons. The Balaban J connectivity index is 2.76. The predicted octanol–water partition coefficient (Wildman–Crippen LogP) is 2.50. The van der Waals surface area contributed by atoms with Crippen LogP contribution in [0.2, 0.25) is 0 Å². The highest BCUT2D eigenvalue weighted by Gasteiger charge is 2.42. The van der Waals surface area contributed by atoms with Crippen LogP contribution in [-0.2, 0) is 9.53 Å². The van der Waals surface area contributed by atoms with Crippen LogP contribution in [0.4, 0.5) is 4.79 Å². The lowest BCUT2D eigenvalue weighted by Crippen LogP contribution is -2.45. The number of carbonyl (C=O) groups excluding carboxylic acids is 1. The number of rotatable bonds is 3. The lowest BCUT2D eigenvalue weighted by Gasteiger charge is -2.28. The highest BCUT2D eigenvalue weighted by molar-refractivity contribution is 5.81. The monoisotopic (exact) mass is 257 g/mol. The number of hydrogen-bond donors (Lipinski definition) is 1. The van der Waals surface area contributed by atoms with Crippen molar-refractivity contribution < 1.29 is 19.4 Å². The number of likely N-dealkylation sites (tertiary alicyclic amines) is 1. The molecule has 1 heterocycles. The Kier molecular flexibility index (Phi) is 4.59. The average molecular weight is 257 g/mol. The molecule has 1 N–H and O–H groups in total. The van der Waals surface area contributed by atoms with Gasteiger partial charge in [0.2, 0.25) is 0 Å². The molecule has 1 fully saturated rings. The lowest BCUT2D eigenvalue weighted by molar-refractivity contribution is -0.143. The van der Waals surface area contributed by atoms with Crippen molar-refractivity contribution in [3.8, 4) is 0 Å². The largest absolute Gasteiger partial charge is 0.480 e. The highest BCUT2D eigenvalue weighted by atomic mass is 16.6. The molecule has 2 atom stereocenters. The summed E-state index contributed by atoms with van der Waals surface area (Å²) in [4.78, 5) is 24.6. The van der Waals surface area contributed by atoms with Gasteiger partial charge in [0.25, 0.3) is 0 Å². The van der Waals surface area contributed by atoms with Gasteiger partial charge in [0, 0.05) is 6.54 Å². The molecule has 0 aromatic carbocycles. The lowest BCUT2D eigenvalue weighted by atomic mass is 9.95. The van der Waals surface area contributed by atoms with Crippen molar-refractivity contribution in [2.75, 3.05) is 6.54 Å².